The Kier molecular flexibility index (Phi) is 4.69. The van der Waals surface area contributed by atoms with Crippen molar-refractivity contribution in [1.82, 2.24) is 10.2 Å². The average molecular weight is 367 g/mol. The van der Waals surface area contributed by atoms with Gasteiger partial charge < -0.3 is 14.2 Å². The second kappa shape index (κ2) is 6.71. The van der Waals surface area contributed by atoms with Gasteiger partial charge in [0.15, 0.2) is 10.4 Å². The average Bonchev–Trinajstić information content (AvgIpc) is 3.21. The molecular weight excluding hydrogens is 348 g/mol. The number of nitrogens with zero attached hydrogens (tertiary/aromatic N) is 1. The molecule has 3 rings (SSSR count). The van der Waals surface area contributed by atoms with Crippen molar-refractivity contribution in [2.45, 2.75) is 25.8 Å². The number of hydrogen-bond donors (Lipinski definition) is 1. The summed E-state index contributed by atoms with van der Waals surface area (Å²) in [5, 5.41) is 2.94. The predicted molar refractivity (Wildman–Crippen MR) is 85.7 cm³/mol. The third-order valence-electron chi connectivity index (χ3n) is 3.92. The van der Waals surface area contributed by atoms with Crippen molar-refractivity contribution in [1.29, 1.82) is 0 Å². The minimum absolute atomic E-state index is 0.0681. The minimum Gasteiger partial charge on any atom is -0.465 e. The van der Waals surface area contributed by atoms with Crippen molar-refractivity contribution >= 4 is 21.8 Å². The van der Waals surface area contributed by atoms with Crippen LogP contribution in [-0.2, 0) is 0 Å². The number of furan rings is 2. The Hall–Kier alpha value is -1.53. The summed E-state index contributed by atoms with van der Waals surface area (Å²) in [4.78, 5) is 14.5. The second-order valence-electron chi connectivity index (χ2n) is 5.52. The van der Waals surface area contributed by atoms with Gasteiger partial charge in [-0.1, -0.05) is 0 Å². The molecular formula is C16H19BrN2O3. The number of hydrogen-bond acceptors (Lipinski definition) is 4. The van der Waals surface area contributed by atoms with E-state index in [1.54, 1.807) is 12.1 Å². The first-order valence-electron chi connectivity index (χ1n) is 7.47. The van der Waals surface area contributed by atoms with E-state index >= 15 is 0 Å². The molecule has 22 heavy (non-hydrogen) atoms. The highest BCUT2D eigenvalue weighted by atomic mass is 79.9. The highest BCUT2D eigenvalue weighted by Crippen LogP contribution is 2.26. The van der Waals surface area contributed by atoms with E-state index in [4.69, 9.17) is 8.83 Å². The van der Waals surface area contributed by atoms with Crippen LogP contribution in [0, 0.1) is 6.92 Å². The third-order valence-corrected chi connectivity index (χ3v) is 4.35. The molecule has 2 aromatic rings. The lowest BCUT2D eigenvalue weighted by atomic mass is 10.2. The van der Waals surface area contributed by atoms with Crippen LogP contribution < -0.4 is 5.32 Å². The molecule has 1 amide bonds. The summed E-state index contributed by atoms with van der Waals surface area (Å²) in [6.45, 7) is 4.51. The van der Waals surface area contributed by atoms with Crippen LogP contribution >= 0.6 is 15.9 Å². The SMILES string of the molecule is Cc1ccc([C@@H](CNC(=O)c2ccc(Br)o2)N2CCCC2)o1. The summed E-state index contributed by atoms with van der Waals surface area (Å²) in [6.07, 6.45) is 2.38. The first-order valence-corrected chi connectivity index (χ1v) is 8.27. The molecule has 5 nitrogen and oxygen atoms in total. The van der Waals surface area contributed by atoms with Gasteiger partial charge in [0, 0.05) is 6.54 Å². The van der Waals surface area contributed by atoms with E-state index in [9.17, 15) is 4.79 Å². The van der Waals surface area contributed by atoms with E-state index < -0.39 is 0 Å². The second-order valence-corrected chi connectivity index (χ2v) is 6.30. The summed E-state index contributed by atoms with van der Waals surface area (Å²) in [6, 6.07) is 7.39. The quantitative estimate of drug-likeness (QED) is 0.879. The van der Waals surface area contributed by atoms with Gasteiger partial charge in [0.05, 0.1) is 6.04 Å². The lowest BCUT2D eigenvalue weighted by molar-refractivity contribution is 0.0904. The molecule has 0 radical (unpaired) electrons. The van der Waals surface area contributed by atoms with Gasteiger partial charge in [-0.3, -0.25) is 9.69 Å². The van der Waals surface area contributed by atoms with E-state index in [0.717, 1.165) is 24.6 Å². The van der Waals surface area contributed by atoms with Crippen LogP contribution in [0.25, 0.3) is 0 Å². The number of amides is 1. The van der Waals surface area contributed by atoms with Gasteiger partial charge in [-0.25, -0.2) is 0 Å². The number of likely N-dealkylation sites (tertiary alicyclic amines) is 1. The summed E-state index contributed by atoms with van der Waals surface area (Å²) < 4.78 is 11.6. The highest BCUT2D eigenvalue weighted by molar-refractivity contribution is 9.10. The largest absolute Gasteiger partial charge is 0.465 e. The topological polar surface area (TPSA) is 58.6 Å². The highest BCUT2D eigenvalue weighted by Gasteiger charge is 2.26. The Labute approximate surface area is 137 Å². The van der Waals surface area contributed by atoms with Gasteiger partial charge >= 0.3 is 0 Å². The van der Waals surface area contributed by atoms with Gasteiger partial charge in [0.25, 0.3) is 5.91 Å². The maximum atomic E-state index is 12.1. The van der Waals surface area contributed by atoms with E-state index in [-0.39, 0.29) is 11.9 Å². The standard InChI is InChI=1S/C16H19BrN2O3/c1-11-4-5-13(21-11)12(19-8-2-3-9-19)10-18-16(20)14-6-7-15(17)22-14/h4-7,12H,2-3,8-10H2,1H3,(H,18,20)/t12-/m1/s1. The summed E-state index contributed by atoms with van der Waals surface area (Å²) in [7, 11) is 0. The minimum atomic E-state index is -0.210. The molecule has 2 aromatic heterocycles. The molecule has 1 fully saturated rings. The number of aryl methyl sites for hydroxylation is 1. The normalized spacial score (nSPS) is 16.8. The number of carbonyl (C=O) groups is 1. The molecule has 6 heteroatoms. The van der Waals surface area contributed by atoms with E-state index in [1.165, 1.54) is 12.8 Å². The number of carbonyl (C=O) groups excluding carboxylic acids is 1. The van der Waals surface area contributed by atoms with Crippen LogP contribution in [0.5, 0.6) is 0 Å². The fraction of sp³-hybridized carbons (Fsp3) is 0.438. The maximum absolute atomic E-state index is 12.1. The van der Waals surface area contributed by atoms with E-state index in [0.29, 0.717) is 17.0 Å². The zero-order valence-corrected chi connectivity index (χ0v) is 14.1. The monoisotopic (exact) mass is 366 g/mol. The molecule has 0 aliphatic carbocycles. The molecule has 3 heterocycles. The predicted octanol–water partition coefficient (Wildman–Crippen LogP) is 3.51. The fourth-order valence-electron chi connectivity index (χ4n) is 2.81. The van der Waals surface area contributed by atoms with Crippen molar-refractivity contribution in [3.8, 4) is 0 Å². The fourth-order valence-corrected chi connectivity index (χ4v) is 3.11. The lowest BCUT2D eigenvalue weighted by Crippen LogP contribution is -2.36. The first kappa shape index (κ1) is 15.4. The molecule has 0 bridgehead atoms. The van der Waals surface area contributed by atoms with Gasteiger partial charge in [-0.05, 0) is 73.1 Å². The van der Waals surface area contributed by atoms with Crippen LogP contribution in [0.15, 0.2) is 37.8 Å². The first-order chi connectivity index (χ1) is 10.6. The van der Waals surface area contributed by atoms with Crippen molar-refractivity contribution < 1.29 is 13.6 Å². The van der Waals surface area contributed by atoms with Gasteiger partial charge in [-0.15, -0.1) is 0 Å². The van der Waals surface area contributed by atoms with Crippen molar-refractivity contribution in [3.05, 3.63) is 46.2 Å². The van der Waals surface area contributed by atoms with E-state index in [2.05, 4.69) is 26.1 Å². The number of rotatable bonds is 5. The molecule has 0 saturated carbocycles. The maximum Gasteiger partial charge on any atom is 0.287 e. The molecule has 0 aromatic carbocycles. The third kappa shape index (κ3) is 3.44. The molecule has 1 saturated heterocycles. The van der Waals surface area contributed by atoms with Gasteiger partial charge in [0.1, 0.15) is 11.5 Å². The van der Waals surface area contributed by atoms with Crippen molar-refractivity contribution in [2.24, 2.45) is 0 Å². The Balaban J connectivity index is 1.68. The van der Waals surface area contributed by atoms with Crippen LogP contribution in [0.3, 0.4) is 0 Å². The molecule has 118 valence electrons. The summed E-state index contributed by atoms with van der Waals surface area (Å²) in [5.41, 5.74) is 0. The Bertz CT molecular complexity index is 643. The molecule has 1 aliphatic rings. The number of halogens is 1. The molecule has 0 unspecified atom stereocenters. The molecule has 0 spiro atoms. The van der Waals surface area contributed by atoms with Gasteiger partial charge in [0.2, 0.25) is 0 Å². The molecule has 1 atom stereocenters. The Morgan fingerprint density at radius 1 is 1.27 bits per heavy atom. The van der Waals surface area contributed by atoms with Crippen molar-refractivity contribution in [2.75, 3.05) is 19.6 Å². The molecule has 1 aliphatic heterocycles. The van der Waals surface area contributed by atoms with Crippen molar-refractivity contribution in [3.63, 3.8) is 0 Å². The van der Waals surface area contributed by atoms with Crippen LogP contribution in [-0.4, -0.2) is 30.4 Å². The summed E-state index contributed by atoms with van der Waals surface area (Å²) in [5.74, 6) is 1.89. The Morgan fingerprint density at radius 3 is 2.64 bits per heavy atom. The van der Waals surface area contributed by atoms with Crippen LogP contribution in [0.4, 0.5) is 0 Å². The summed E-state index contributed by atoms with van der Waals surface area (Å²) >= 11 is 3.20. The van der Waals surface area contributed by atoms with Crippen LogP contribution in [0.2, 0.25) is 0 Å². The van der Waals surface area contributed by atoms with E-state index in [1.807, 2.05) is 19.1 Å². The lowest BCUT2D eigenvalue weighted by Gasteiger charge is -2.25. The van der Waals surface area contributed by atoms with Gasteiger partial charge in [-0.2, -0.15) is 0 Å². The van der Waals surface area contributed by atoms with Crippen LogP contribution in [0.1, 0.15) is 41.0 Å². The Morgan fingerprint density at radius 2 is 2.05 bits per heavy atom. The number of nitrogens with one attached hydrogen (secondary N) is 1. The zero-order chi connectivity index (χ0) is 15.5. The zero-order valence-electron chi connectivity index (χ0n) is 12.5. The molecule has 1 N–H and O–H groups in total. The smallest absolute Gasteiger partial charge is 0.287 e.